The van der Waals surface area contributed by atoms with Crippen LogP contribution in [0, 0.1) is 10.1 Å². The summed E-state index contributed by atoms with van der Waals surface area (Å²) in [6.45, 7) is 0. The Morgan fingerprint density at radius 3 is 2.46 bits per heavy atom. The van der Waals surface area contributed by atoms with Gasteiger partial charge in [0.2, 0.25) is 0 Å². The molecular formula is C16H12ClN3O4. The van der Waals surface area contributed by atoms with Gasteiger partial charge in [-0.25, -0.2) is 0 Å². The van der Waals surface area contributed by atoms with Crippen LogP contribution in [0.25, 0.3) is 6.08 Å². The number of nitrogens with one attached hydrogen (secondary N) is 2. The van der Waals surface area contributed by atoms with Crippen LogP contribution in [0.3, 0.4) is 0 Å². The first-order chi connectivity index (χ1) is 11.5. The Balaban J connectivity index is 1.91. The summed E-state index contributed by atoms with van der Waals surface area (Å²) in [6, 6.07) is 12.0. The number of carbonyl (C=O) groups excluding carboxylic acids is 2. The summed E-state index contributed by atoms with van der Waals surface area (Å²) >= 11 is 5.75. The van der Waals surface area contributed by atoms with Crippen molar-refractivity contribution in [1.29, 1.82) is 0 Å². The number of benzene rings is 2. The van der Waals surface area contributed by atoms with Crippen molar-refractivity contribution in [3.8, 4) is 0 Å². The molecule has 8 heteroatoms. The molecule has 0 fully saturated rings. The van der Waals surface area contributed by atoms with Crippen LogP contribution < -0.4 is 10.9 Å². The molecule has 2 amide bonds. The van der Waals surface area contributed by atoms with E-state index in [0.29, 0.717) is 5.02 Å². The summed E-state index contributed by atoms with van der Waals surface area (Å²) in [4.78, 5) is 33.6. The SMILES string of the molecule is O=C(/C=C/c1ccc(Cl)cc1)NNC(=O)c1cccc([N+](=O)[O-])c1. The third kappa shape index (κ3) is 4.92. The zero-order valence-corrected chi connectivity index (χ0v) is 13.0. The molecule has 122 valence electrons. The fourth-order valence-corrected chi connectivity index (χ4v) is 1.86. The summed E-state index contributed by atoms with van der Waals surface area (Å²) in [6.07, 6.45) is 2.78. The lowest BCUT2D eigenvalue weighted by molar-refractivity contribution is -0.384. The van der Waals surface area contributed by atoms with Crippen molar-refractivity contribution in [1.82, 2.24) is 10.9 Å². The second-order valence-corrected chi connectivity index (χ2v) is 5.07. The molecule has 2 rings (SSSR count). The van der Waals surface area contributed by atoms with E-state index in [1.165, 1.54) is 24.3 Å². The van der Waals surface area contributed by atoms with E-state index in [2.05, 4.69) is 10.9 Å². The first-order valence-electron chi connectivity index (χ1n) is 6.74. The maximum atomic E-state index is 11.8. The van der Waals surface area contributed by atoms with Crippen LogP contribution in [-0.2, 0) is 4.79 Å². The molecule has 0 saturated carbocycles. The molecule has 24 heavy (non-hydrogen) atoms. The maximum absolute atomic E-state index is 11.8. The summed E-state index contributed by atoms with van der Waals surface area (Å²) < 4.78 is 0. The van der Waals surface area contributed by atoms with E-state index in [9.17, 15) is 19.7 Å². The predicted octanol–water partition coefficient (Wildman–Crippen LogP) is 2.72. The number of carbonyl (C=O) groups is 2. The van der Waals surface area contributed by atoms with Crippen LogP contribution in [0.4, 0.5) is 5.69 Å². The summed E-state index contributed by atoms with van der Waals surface area (Å²) in [5, 5.41) is 11.3. The molecule has 0 aliphatic rings. The Morgan fingerprint density at radius 1 is 1.08 bits per heavy atom. The highest BCUT2D eigenvalue weighted by Crippen LogP contribution is 2.13. The van der Waals surface area contributed by atoms with Gasteiger partial charge in [0.15, 0.2) is 0 Å². The highest BCUT2D eigenvalue weighted by atomic mass is 35.5. The van der Waals surface area contributed by atoms with Crippen molar-refractivity contribution >= 4 is 35.2 Å². The monoisotopic (exact) mass is 345 g/mol. The smallest absolute Gasteiger partial charge is 0.268 e. The highest BCUT2D eigenvalue weighted by molar-refractivity contribution is 6.30. The minimum Gasteiger partial charge on any atom is -0.268 e. The largest absolute Gasteiger partial charge is 0.270 e. The Labute approximate surface area is 142 Å². The fourth-order valence-electron chi connectivity index (χ4n) is 1.74. The number of nitro groups is 1. The van der Waals surface area contributed by atoms with Gasteiger partial charge in [-0.3, -0.25) is 30.6 Å². The molecule has 0 aliphatic carbocycles. The lowest BCUT2D eigenvalue weighted by Crippen LogP contribution is -2.40. The number of hydrogen-bond acceptors (Lipinski definition) is 4. The van der Waals surface area contributed by atoms with Crippen molar-refractivity contribution < 1.29 is 14.5 Å². The van der Waals surface area contributed by atoms with Gasteiger partial charge in [-0.2, -0.15) is 0 Å². The molecule has 2 aromatic rings. The second-order valence-electron chi connectivity index (χ2n) is 4.64. The first-order valence-corrected chi connectivity index (χ1v) is 7.12. The normalized spacial score (nSPS) is 10.4. The standard InChI is InChI=1S/C16H12ClN3O4/c17-13-7-4-11(5-8-13)6-9-15(21)18-19-16(22)12-2-1-3-14(10-12)20(23)24/h1-10H,(H,18,21)(H,19,22)/b9-6+. The van der Waals surface area contributed by atoms with Gasteiger partial charge < -0.3 is 0 Å². The Bertz CT molecular complexity index is 803. The molecule has 0 bridgehead atoms. The average Bonchev–Trinajstić information content (AvgIpc) is 2.59. The Kier molecular flexibility index (Phi) is 5.64. The van der Waals surface area contributed by atoms with Gasteiger partial charge in [0.1, 0.15) is 0 Å². The number of nitrogens with zero attached hydrogens (tertiary/aromatic N) is 1. The van der Waals surface area contributed by atoms with Crippen molar-refractivity contribution in [2.24, 2.45) is 0 Å². The van der Waals surface area contributed by atoms with E-state index >= 15 is 0 Å². The Morgan fingerprint density at radius 2 is 1.79 bits per heavy atom. The molecule has 0 atom stereocenters. The van der Waals surface area contributed by atoms with Crippen LogP contribution >= 0.6 is 11.6 Å². The Hall–Kier alpha value is -3.19. The maximum Gasteiger partial charge on any atom is 0.270 e. The molecule has 0 saturated heterocycles. The number of nitro benzene ring substituents is 1. The first kappa shape index (κ1) is 17.2. The van der Waals surface area contributed by atoms with Gasteiger partial charge in [0.05, 0.1) is 4.92 Å². The second kappa shape index (κ2) is 7.89. The lowest BCUT2D eigenvalue weighted by Gasteiger charge is -2.05. The summed E-state index contributed by atoms with van der Waals surface area (Å²) in [5.41, 5.74) is 4.98. The molecule has 0 radical (unpaired) electrons. The number of hydrazine groups is 1. The van der Waals surface area contributed by atoms with Crippen molar-refractivity contribution in [3.63, 3.8) is 0 Å². The highest BCUT2D eigenvalue weighted by Gasteiger charge is 2.11. The zero-order chi connectivity index (χ0) is 17.5. The van der Waals surface area contributed by atoms with Gasteiger partial charge >= 0.3 is 0 Å². The van der Waals surface area contributed by atoms with E-state index in [0.717, 1.165) is 11.6 Å². The van der Waals surface area contributed by atoms with E-state index < -0.39 is 16.7 Å². The number of halogens is 1. The molecule has 0 unspecified atom stereocenters. The van der Waals surface area contributed by atoms with E-state index in [4.69, 9.17) is 11.6 Å². The molecule has 0 aliphatic heterocycles. The number of rotatable bonds is 4. The third-order valence-electron chi connectivity index (χ3n) is 2.92. The van der Waals surface area contributed by atoms with E-state index in [1.54, 1.807) is 30.3 Å². The number of hydrogen-bond donors (Lipinski definition) is 2. The molecule has 0 heterocycles. The predicted molar refractivity (Wildman–Crippen MR) is 89.2 cm³/mol. The van der Waals surface area contributed by atoms with Crippen LogP contribution in [0.15, 0.2) is 54.6 Å². The third-order valence-corrected chi connectivity index (χ3v) is 3.17. The molecule has 0 spiro atoms. The topological polar surface area (TPSA) is 101 Å². The van der Waals surface area contributed by atoms with Gasteiger partial charge in [0, 0.05) is 28.8 Å². The molecule has 2 aromatic carbocycles. The average molecular weight is 346 g/mol. The molecule has 0 aromatic heterocycles. The quantitative estimate of drug-likeness (QED) is 0.505. The van der Waals surface area contributed by atoms with Crippen LogP contribution in [0.1, 0.15) is 15.9 Å². The summed E-state index contributed by atoms with van der Waals surface area (Å²) in [5.74, 6) is -1.21. The summed E-state index contributed by atoms with van der Waals surface area (Å²) in [7, 11) is 0. The lowest BCUT2D eigenvalue weighted by atomic mass is 10.2. The van der Waals surface area contributed by atoms with Crippen LogP contribution in [-0.4, -0.2) is 16.7 Å². The molecule has 2 N–H and O–H groups in total. The number of amides is 2. The van der Waals surface area contributed by atoms with Gasteiger partial charge in [-0.1, -0.05) is 29.8 Å². The van der Waals surface area contributed by atoms with Gasteiger partial charge in [0.25, 0.3) is 17.5 Å². The van der Waals surface area contributed by atoms with Crippen LogP contribution in [0.5, 0.6) is 0 Å². The van der Waals surface area contributed by atoms with Crippen molar-refractivity contribution in [3.05, 3.63) is 80.9 Å². The minimum atomic E-state index is -0.660. The minimum absolute atomic E-state index is 0.0613. The van der Waals surface area contributed by atoms with E-state index in [-0.39, 0.29) is 11.3 Å². The van der Waals surface area contributed by atoms with Crippen LogP contribution in [0.2, 0.25) is 5.02 Å². The molecule has 7 nitrogen and oxygen atoms in total. The van der Waals surface area contributed by atoms with Crippen molar-refractivity contribution in [2.75, 3.05) is 0 Å². The fraction of sp³-hybridized carbons (Fsp3) is 0. The zero-order valence-electron chi connectivity index (χ0n) is 12.2. The van der Waals surface area contributed by atoms with Gasteiger partial charge in [-0.15, -0.1) is 0 Å². The van der Waals surface area contributed by atoms with Crippen molar-refractivity contribution in [2.45, 2.75) is 0 Å². The molecular weight excluding hydrogens is 334 g/mol. The van der Waals surface area contributed by atoms with E-state index in [1.807, 2.05) is 0 Å². The number of non-ortho nitro benzene ring substituents is 1. The van der Waals surface area contributed by atoms with Gasteiger partial charge in [-0.05, 0) is 29.8 Å².